The Bertz CT molecular complexity index is 478. The van der Waals surface area contributed by atoms with Gasteiger partial charge in [0.2, 0.25) is 0 Å². The van der Waals surface area contributed by atoms with Crippen molar-refractivity contribution in [3.8, 4) is 0 Å². The Hall–Kier alpha value is -0.770. The summed E-state index contributed by atoms with van der Waals surface area (Å²) in [5.41, 5.74) is 0.662. The molecule has 0 atom stereocenters. The third kappa shape index (κ3) is 3.11. The average Bonchev–Trinajstić information content (AvgIpc) is 2.60. The molecule has 0 saturated carbocycles. The molecule has 1 N–H and O–H groups in total. The van der Waals surface area contributed by atoms with Crippen LogP contribution >= 0.6 is 34.5 Å². The average molecular weight is 276 g/mol. The van der Waals surface area contributed by atoms with Crippen molar-refractivity contribution in [3.05, 3.63) is 50.4 Å². The van der Waals surface area contributed by atoms with Gasteiger partial charge in [0.05, 0.1) is 4.34 Å². The summed E-state index contributed by atoms with van der Waals surface area (Å²) < 4.78 is 13.8. The normalized spacial score (nSPS) is 10.4. The Morgan fingerprint density at radius 1 is 1.19 bits per heavy atom. The minimum Gasteiger partial charge on any atom is -0.380 e. The number of hydrogen-bond donors (Lipinski definition) is 1. The molecule has 0 amide bonds. The number of halogens is 3. The standard InChI is InChI=1S/C11H8Cl2FNS/c12-7-3-8(14)5-9(4-7)15-6-10-1-2-11(13)16-10/h1-5,15H,6H2. The first-order valence-electron chi connectivity index (χ1n) is 4.58. The first kappa shape index (κ1) is 11.7. The Morgan fingerprint density at radius 3 is 2.62 bits per heavy atom. The van der Waals surface area contributed by atoms with E-state index in [9.17, 15) is 4.39 Å². The lowest BCUT2D eigenvalue weighted by molar-refractivity contribution is 0.628. The molecule has 1 nitrogen and oxygen atoms in total. The summed E-state index contributed by atoms with van der Waals surface area (Å²) in [5, 5.41) is 3.46. The molecule has 2 rings (SSSR count). The van der Waals surface area contributed by atoms with Crippen LogP contribution in [0.2, 0.25) is 9.36 Å². The van der Waals surface area contributed by atoms with Crippen LogP contribution in [-0.2, 0) is 6.54 Å². The van der Waals surface area contributed by atoms with Crippen molar-refractivity contribution in [2.75, 3.05) is 5.32 Å². The SMILES string of the molecule is Fc1cc(Cl)cc(NCc2ccc(Cl)s2)c1. The summed E-state index contributed by atoms with van der Waals surface area (Å²) in [6.45, 7) is 0.608. The van der Waals surface area contributed by atoms with Crippen LogP contribution in [0.25, 0.3) is 0 Å². The topological polar surface area (TPSA) is 12.0 Å². The minimum absolute atomic E-state index is 0.348. The molecule has 5 heteroatoms. The monoisotopic (exact) mass is 275 g/mol. The molecule has 0 fully saturated rings. The summed E-state index contributed by atoms with van der Waals surface area (Å²) in [6.07, 6.45) is 0. The second kappa shape index (κ2) is 5.04. The van der Waals surface area contributed by atoms with Gasteiger partial charge in [0.25, 0.3) is 0 Å². The van der Waals surface area contributed by atoms with E-state index in [2.05, 4.69) is 5.32 Å². The Morgan fingerprint density at radius 2 is 2.00 bits per heavy atom. The second-order valence-corrected chi connectivity index (χ2v) is 5.45. The maximum atomic E-state index is 13.0. The van der Waals surface area contributed by atoms with Crippen LogP contribution in [0.1, 0.15) is 4.88 Å². The highest BCUT2D eigenvalue weighted by Gasteiger charge is 2.01. The van der Waals surface area contributed by atoms with E-state index in [4.69, 9.17) is 23.2 Å². The first-order chi connectivity index (χ1) is 7.63. The van der Waals surface area contributed by atoms with Crippen molar-refractivity contribution in [3.63, 3.8) is 0 Å². The Kier molecular flexibility index (Phi) is 3.69. The largest absolute Gasteiger partial charge is 0.380 e. The van der Waals surface area contributed by atoms with Crippen LogP contribution in [0.4, 0.5) is 10.1 Å². The van der Waals surface area contributed by atoms with E-state index in [1.54, 1.807) is 6.07 Å². The number of benzene rings is 1. The highest BCUT2D eigenvalue weighted by atomic mass is 35.5. The van der Waals surface area contributed by atoms with Crippen molar-refractivity contribution < 1.29 is 4.39 Å². The third-order valence-electron chi connectivity index (χ3n) is 1.96. The molecule has 0 aliphatic rings. The number of nitrogens with one attached hydrogen (secondary N) is 1. The van der Waals surface area contributed by atoms with Gasteiger partial charge in [-0.05, 0) is 30.3 Å². The minimum atomic E-state index is -0.348. The van der Waals surface area contributed by atoms with Crippen LogP contribution in [-0.4, -0.2) is 0 Å². The highest BCUT2D eigenvalue weighted by molar-refractivity contribution is 7.16. The predicted octanol–water partition coefficient (Wildman–Crippen LogP) is 4.81. The van der Waals surface area contributed by atoms with Gasteiger partial charge >= 0.3 is 0 Å². The molecular weight excluding hydrogens is 268 g/mol. The summed E-state index contributed by atoms with van der Waals surface area (Å²) in [4.78, 5) is 1.09. The van der Waals surface area contributed by atoms with Gasteiger partial charge in [-0.2, -0.15) is 0 Å². The van der Waals surface area contributed by atoms with E-state index < -0.39 is 0 Å². The van der Waals surface area contributed by atoms with Crippen LogP contribution in [0.3, 0.4) is 0 Å². The lowest BCUT2D eigenvalue weighted by Gasteiger charge is -2.05. The van der Waals surface area contributed by atoms with Gasteiger partial charge < -0.3 is 5.32 Å². The van der Waals surface area contributed by atoms with Gasteiger partial charge in [0, 0.05) is 22.1 Å². The molecule has 84 valence electrons. The van der Waals surface area contributed by atoms with Gasteiger partial charge in [-0.3, -0.25) is 0 Å². The fourth-order valence-electron chi connectivity index (χ4n) is 1.29. The zero-order chi connectivity index (χ0) is 11.5. The van der Waals surface area contributed by atoms with Crippen molar-refractivity contribution >= 4 is 40.2 Å². The fourth-order valence-corrected chi connectivity index (χ4v) is 2.54. The quantitative estimate of drug-likeness (QED) is 0.848. The van der Waals surface area contributed by atoms with Gasteiger partial charge in [0.15, 0.2) is 0 Å². The van der Waals surface area contributed by atoms with Crippen LogP contribution < -0.4 is 5.32 Å². The second-order valence-electron chi connectivity index (χ2n) is 3.22. The molecular formula is C11H8Cl2FNS. The van der Waals surface area contributed by atoms with E-state index in [1.165, 1.54) is 23.5 Å². The Balaban J connectivity index is 2.04. The van der Waals surface area contributed by atoms with Crippen molar-refractivity contribution in [2.24, 2.45) is 0 Å². The van der Waals surface area contributed by atoms with E-state index >= 15 is 0 Å². The molecule has 16 heavy (non-hydrogen) atoms. The van der Waals surface area contributed by atoms with Crippen LogP contribution in [0.5, 0.6) is 0 Å². The fraction of sp³-hybridized carbons (Fsp3) is 0.0909. The summed E-state index contributed by atoms with van der Waals surface area (Å²) in [7, 11) is 0. The number of hydrogen-bond acceptors (Lipinski definition) is 2. The molecule has 2 aromatic rings. The van der Waals surface area contributed by atoms with E-state index in [0.29, 0.717) is 17.3 Å². The van der Waals surface area contributed by atoms with E-state index in [0.717, 1.165) is 9.21 Å². The van der Waals surface area contributed by atoms with Crippen molar-refractivity contribution in [2.45, 2.75) is 6.54 Å². The molecule has 0 unspecified atom stereocenters. The summed E-state index contributed by atoms with van der Waals surface area (Å²) in [6, 6.07) is 8.12. The van der Waals surface area contributed by atoms with Crippen molar-refractivity contribution in [1.82, 2.24) is 0 Å². The smallest absolute Gasteiger partial charge is 0.126 e. The molecule has 0 aliphatic heterocycles. The van der Waals surface area contributed by atoms with Gasteiger partial charge in [-0.15, -0.1) is 11.3 Å². The predicted molar refractivity (Wildman–Crippen MR) is 68.1 cm³/mol. The number of anilines is 1. The van der Waals surface area contributed by atoms with Crippen LogP contribution in [0.15, 0.2) is 30.3 Å². The number of thiophene rings is 1. The number of rotatable bonds is 3. The Labute approximate surface area is 107 Å². The highest BCUT2D eigenvalue weighted by Crippen LogP contribution is 2.23. The van der Waals surface area contributed by atoms with Gasteiger partial charge in [-0.1, -0.05) is 23.2 Å². The van der Waals surface area contributed by atoms with Gasteiger partial charge in [-0.25, -0.2) is 4.39 Å². The molecule has 1 aromatic heterocycles. The first-order valence-corrected chi connectivity index (χ1v) is 6.15. The molecule has 0 radical (unpaired) electrons. The molecule has 1 heterocycles. The van der Waals surface area contributed by atoms with Gasteiger partial charge in [0.1, 0.15) is 5.82 Å². The van der Waals surface area contributed by atoms with E-state index in [-0.39, 0.29) is 5.82 Å². The van der Waals surface area contributed by atoms with Crippen molar-refractivity contribution in [1.29, 1.82) is 0 Å². The maximum absolute atomic E-state index is 13.0. The maximum Gasteiger partial charge on any atom is 0.126 e. The zero-order valence-electron chi connectivity index (χ0n) is 8.14. The summed E-state index contributed by atoms with van der Waals surface area (Å²) >= 11 is 13.0. The zero-order valence-corrected chi connectivity index (χ0v) is 10.5. The van der Waals surface area contributed by atoms with E-state index in [1.807, 2.05) is 12.1 Å². The summed E-state index contributed by atoms with van der Waals surface area (Å²) in [5.74, 6) is -0.348. The lowest BCUT2D eigenvalue weighted by Crippen LogP contribution is -1.97. The molecule has 1 aromatic carbocycles. The molecule has 0 bridgehead atoms. The van der Waals surface area contributed by atoms with Crippen LogP contribution in [0, 0.1) is 5.82 Å². The molecule has 0 spiro atoms. The molecule has 0 saturated heterocycles. The molecule has 0 aliphatic carbocycles. The lowest BCUT2D eigenvalue weighted by atomic mass is 10.3. The third-order valence-corrected chi connectivity index (χ3v) is 3.41.